The van der Waals surface area contributed by atoms with Crippen molar-refractivity contribution >= 4 is 5.97 Å². The van der Waals surface area contributed by atoms with Gasteiger partial charge in [-0.2, -0.15) is 5.10 Å². The summed E-state index contributed by atoms with van der Waals surface area (Å²) in [6.45, 7) is 4.67. The van der Waals surface area contributed by atoms with Crippen molar-refractivity contribution in [1.29, 1.82) is 0 Å². The summed E-state index contributed by atoms with van der Waals surface area (Å²) in [6, 6.07) is 1.87. The van der Waals surface area contributed by atoms with Crippen molar-refractivity contribution in [3.63, 3.8) is 0 Å². The van der Waals surface area contributed by atoms with Crippen LogP contribution in [0, 0.1) is 0 Å². The minimum atomic E-state index is -0.840. The van der Waals surface area contributed by atoms with Crippen LogP contribution in [0.2, 0.25) is 0 Å². The van der Waals surface area contributed by atoms with Crippen LogP contribution in [-0.4, -0.2) is 38.8 Å². The van der Waals surface area contributed by atoms with Gasteiger partial charge < -0.3 is 5.11 Å². The number of aromatic nitrogens is 2. The molecule has 1 heterocycles. The average Bonchev–Trinajstić information content (AvgIpc) is 2.50. The Morgan fingerprint density at radius 1 is 1.80 bits per heavy atom. The Hall–Kier alpha value is -1.62. The van der Waals surface area contributed by atoms with E-state index in [0.29, 0.717) is 13.1 Å². The molecule has 0 radical (unpaired) electrons. The molecule has 0 fully saturated rings. The molecule has 1 rings (SSSR count). The number of carboxylic acid groups (broad SMARTS) is 1. The molecule has 0 aliphatic rings. The van der Waals surface area contributed by atoms with Gasteiger partial charge in [-0.15, -0.1) is 6.58 Å². The van der Waals surface area contributed by atoms with Gasteiger partial charge in [-0.25, -0.2) is 0 Å². The van der Waals surface area contributed by atoms with E-state index in [0.717, 1.165) is 5.69 Å². The van der Waals surface area contributed by atoms with Gasteiger partial charge in [0.15, 0.2) is 0 Å². The number of hydrogen-bond donors (Lipinski definition) is 1. The van der Waals surface area contributed by atoms with E-state index < -0.39 is 5.97 Å². The van der Waals surface area contributed by atoms with Crippen molar-refractivity contribution in [2.45, 2.75) is 6.54 Å². The average molecular weight is 209 g/mol. The lowest BCUT2D eigenvalue weighted by Crippen LogP contribution is -2.29. The number of aryl methyl sites for hydroxylation is 1. The van der Waals surface area contributed by atoms with Gasteiger partial charge in [-0.1, -0.05) is 6.08 Å². The summed E-state index contributed by atoms with van der Waals surface area (Å²) in [5.74, 6) is -0.840. The molecule has 1 aromatic rings. The van der Waals surface area contributed by atoms with Crippen LogP contribution in [0.5, 0.6) is 0 Å². The van der Waals surface area contributed by atoms with E-state index in [2.05, 4.69) is 11.7 Å². The van der Waals surface area contributed by atoms with E-state index in [1.807, 2.05) is 19.3 Å². The fourth-order valence-corrected chi connectivity index (χ4v) is 1.34. The number of nitrogens with zero attached hydrogens (tertiary/aromatic N) is 3. The zero-order valence-corrected chi connectivity index (χ0v) is 8.76. The van der Waals surface area contributed by atoms with E-state index in [9.17, 15) is 4.79 Å². The maximum absolute atomic E-state index is 10.6. The largest absolute Gasteiger partial charge is 0.480 e. The molecular weight excluding hydrogens is 194 g/mol. The Morgan fingerprint density at radius 3 is 3.00 bits per heavy atom. The Balaban J connectivity index is 2.57. The second-order valence-electron chi connectivity index (χ2n) is 3.33. The molecule has 0 bridgehead atoms. The molecule has 1 N–H and O–H groups in total. The predicted molar refractivity (Wildman–Crippen MR) is 56.3 cm³/mol. The molecule has 5 heteroatoms. The van der Waals surface area contributed by atoms with Crippen LogP contribution in [0.4, 0.5) is 0 Å². The summed E-state index contributed by atoms with van der Waals surface area (Å²) in [5.41, 5.74) is 0.862. The number of rotatable bonds is 6. The van der Waals surface area contributed by atoms with E-state index in [-0.39, 0.29) is 6.54 Å². The fraction of sp³-hybridized carbons (Fsp3) is 0.400. The summed E-state index contributed by atoms with van der Waals surface area (Å²) in [6.07, 6.45) is 3.52. The van der Waals surface area contributed by atoms with Gasteiger partial charge in [0, 0.05) is 26.3 Å². The zero-order valence-electron chi connectivity index (χ0n) is 8.76. The SMILES string of the molecule is C=CCN(CC(=O)O)Cc1ccn(C)n1. The van der Waals surface area contributed by atoms with Crippen molar-refractivity contribution in [1.82, 2.24) is 14.7 Å². The number of aliphatic carboxylic acids is 1. The first-order valence-electron chi connectivity index (χ1n) is 4.65. The monoisotopic (exact) mass is 209 g/mol. The summed E-state index contributed by atoms with van der Waals surface area (Å²) in [5, 5.41) is 12.9. The molecule has 0 aliphatic carbocycles. The maximum Gasteiger partial charge on any atom is 0.317 e. The Morgan fingerprint density at radius 2 is 2.53 bits per heavy atom. The molecule has 0 atom stereocenters. The highest BCUT2D eigenvalue weighted by Gasteiger charge is 2.09. The summed E-state index contributed by atoms with van der Waals surface area (Å²) in [4.78, 5) is 12.3. The Kier molecular flexibility index (Phi) is 4.05. The van der Waals surface area contributed by atoms with Crippen LogP contribution in [0.25, 0.3) is 0 Å². The normalized spacial score (nSPS) is 10.5. The van der Waals surface area contributed by atoms with Crippen molar-refractivity contribution in [3.8, 4) is 0 Å². The molecular formula is C10H15N3O2. The minimum Gasteiger partial charge on any atom is -0.480 e. The van der Waals surface area contributed by atoms with Gasteiger partial charge in [0.1, 0.15) is 0 Å². The third-order valence-electron chi connectivity index (χ3n) is 1.90. The molecule has 82 valence electrons. The molecule has 0 saturated carbocycles. The standard InChI is InChI=1S/C10H15N3O2/c1-3-5-13(8-10(14)15)7-9-4-6-12(2)11-9/h3-4,6H,1,5,7-8H2,2H3,(H,14,15). The minimum absolute atomic E-state index is 0.00257. The van der Waals surface area contributed by atoms with Crippen LogP contribution < -0.4 is 0 Å². The smallest absolute Gasteiger partial charge is 0.317 e. The third kappa shape index (κ3) is 3.95. The maximum atomic E-state index is 10.6. The molecule has 0 unspecified atom stereocenters. The lowest BCUT2D eigenvalue weighted by Gasteiger charge is -2.16. The highest BCUT2D eigenvalue weighted by Crippen LogP contribution is 2.01. The third-order valence-corrected chi connectivity index (χ3v) is 1.90. The van der Waals surface area contributed by atoms with E-state index >= 15 is 0 Å². The summed E-state index contributed by atoms with van der Waals surface area (Å²) in [7, 11) is 1.83. The van der Waals surface area contributed by atoms with Crippen molar-refractivity contribution < 1.29 is 9.90 Å². The van der Waals surface area contributed by atoms with Gasteiger partial charge in [-0.3, -0.25) is 14.4 Å². The van der Waals surface area contributed by atoms with Crippen LogP contribution in [0.1, 0.15) is 5.69 Å². The zero-order chi connectivity index (χ0) is 11.3. The van der Waals surface area contributed by atoms with E-state index in [1.165, 1.54) is 0 Å². The van der Waals surface area contributed by atoms with Gasteiger partial charge in [0.05, 0.1) is 12.2 Å². The molecule has 0 amide bonds. The van der Waals surface area contributed by atoms with Gasteiger partial charge in [0.2, 0.25) is 0 Å². The van der Waals surface area contributed by atoms with Crippen molar-refractivity contribution in [2.24, 2.45) is 7.05 Å². The molecule has 0 spiro atoms. The number of carbonyl (C=O) groups is 1. The van der Waals surface area contributed by atoms with Crippen LogP contribution in [0.3, 0.4) is 0 Å². The first-order valence-corrected chi connectivity index (χ1v) is 4.65. The highest BCUT2D eigenvalue weighted by molar-refractivity contribution is 5.69. The van der Waals surface area contributed by atoms with Gasteiger partial charge >= 0.3 is 5.97 Å². The second kappa shape index (κ2) is 5.31. The van der Waals surface area contributed by atoms with Crippen molar-refractivity contribution in [2.75, 3.05) is 13.1 Å². The van der Waals surface area contributed by atoms with E-state index in [4.69, 9.17) is 5.11 Å². The summed E-state index contributed by atoms with van der Waals surface area (Å²) >= 11 is 0. The van der Waals surface area contributed by atoms with Crippen LogP contribution in [0.15, 0.2) is 24.9 Å². The quantitative estimate of drug-likeness (QED) is 0.693. The van der Waals surface area contributed by atoms with E-state index in [1.54, 1.807) is 15.7 Å². The van der Waals surface area contributed by atoms with Crippen LogP contribution in [-0.2, 0) is 18.4 Å². The van der Waals surface area contributed by atoms with Crippen LogP contribution >= 0.6 is 0 Å². The second-order valence-corrected chi connectivity index (χ2v) is 3.33. The molecule has 15 heavy (non-hydrogen) atoms. The predicted octanol–water partition coefficient (Wildman–Crippen LogP) is 0.493. The first-order chi connectivity index (χ1) is 7.11. The molecule has 0 aromatic carbocycles. The molecule has 1 aromatic heterocycles. The lowest BCUT2D eigenvalue weighted by molar-refractivity contribution is -0.138. The van der Waals surface area contributed by atoms with Gasteiger partial charge in [0.25, 0.3) is 0 Å². The summed E-state index contributed by atoms with van der Waals surface area (Å²) < 4.78 is 1.70. The molecule has 5 nitrogen and oxygen atoms in total. The highest BCUT2D eigenvalue weighted by atomic mass is 16.4. The number of hydrogen-bond acceptors (Lipinski definition) is 3. The topological polar surface area (TPSA) is 58.4 Å². The van der Waals surface area contributed by atoms with Gasteiger partial charge in [-0.05, 0) is 6.07 Å². The first kappa shape index (κ1) is 11.5. The Labute approximate surface area is 88.6 Å². The lowest BCUT2D eigenvalue weighted by atomic mass is 10.3. The molecule has 0 aliphatic heterocycles. The number of carboxylic acids is 1. The Bertz CT molecular complexity index is 346. The molecule has 0 saturated heterocycles. The fourth-order valence-electron chi connectivity index (χ4n) is 1.34. The van der Waals surface area contributed by atoms with Crippen molar-refractivity contribution in [3.05, 3.63) is 30.6 Å².